The molecule has 28 heavy (non-hydrogen) atoms. The van der Waals surface area contributed by atoms with E-state index in [2.05, 4.69) is 32.7 Å². The third kappa shape index (κ3) is 5.45. The Balaban J connectivity index is 1.36. The van der Waals surface area contributed by atoms with Crippen molar-refractivity contribution < 1.29 is 14.3 Å². The van der Waals surface area contributed by atoms with Crippen LogP contribution in [0.5, 0.6) is 0 Å². The Labute approximate surface area is 166 Å². The molecule has 1 aromatic carbocycles. The van der Waals surface area contributed by atoms with E-state index in [4.69, 9.17) is 9.47 Å². The summed E-state index contributed by atoms with van der Waals surface area (Å²) >= 11 is 0. The zero-order chi connectivity index (χ0) is 19.2. The molecule has 1 saturated heterocycles. The highest BCUT2D eigenvalue weighted by Gasteiger charge is 2.33. The van der Waals surface area contributed by atoms with Crippen molar-refractivity contribution in [3.63, 3.8) is 0 Å². The number of carbonyl (C=O) groups is 1. The van der Waals surface area contributed by atoms with Crippen LogP contribution in [0.1, 0.15) is 24.8 Å². The number of amidine groups is 1. The topological polar surface area (TPSA) is 75.2 Å². The summed E-state index contributed by atoms with van der Waals surface area (Å²) in [6.07, 6.45) is 3.95. The fourth-order valence-electron chi connectivity index (χ4n) is 3.61. The lowest BCUT2D eigenvalue weighted by Crippen LogP contribution is -2.57. The number of aliphatic imine (C=N–C) groups is 1. The van der Waals surface area contributed by atoms with Crippen molar-refractivity contribution >= 4 is 11.9 Å². The number of ether oxygens (including phenoxy) is 2. The van der Waals surface area contributed by atoms with Crippen LogP contribution in [0.4, 0.5) is 0 Å². The minimum atomic E-state index is -0.403. The highest BCUT2D eigenvalue weighted by molar-refractivity contribution is 5.86. The summed E-state index contributed by atoms with van der Waals surface area (Å²) in [5.41, 5.74) is 1.22. The van der Waals surface area contributed by atoms with Gasteiger partial charge in [0.2, 0.25) is 5.91 Å². The van der Waals surface area contributed by atoms with Gasteiger partial charge >= 0.3 is 0 Å². The van der Waals surface area contributed by atoms with Crippen LogP contribution in [0.3, 0.4) is 0 Å². The molecule has 2 N–H and O–H groups in total. The van der Waals surface area contributed by atoms with E-state index in [1.165, 1.54) is 18.4 Å². The SMILES string of the molecule is O=C(NCC1CC1)C1CC(N2CCOCC2)NC(OCCc2ccccc2)=N1. The van der Waals surface area contributed by atoms with Gasteiger partial charge in [0.05, 0.1) is 26.0 Å². The van der Waals surface area contributed by atoms with Crippen LogP contribution in [-0.2, 0) is 20.7 Å². The van der Waals surface area contributed by atoms with Crippen LogP contribution in [-0.4, -0.2) is 68.5 Å². The molecular weight excluding hydrogens is 356 g/mol. The molecule has 152 valence electrons. The molecule has 7 heteroatoms. The minimum Gasteiger partial charge on any atom is -0.465 e. The molecule has 2 unspecified atom stereocenters. The van der Waals surface area contributed by atoms with E-state index < -0.39 is 6.04 Å². The molecule has 3 aliphatic rings. The van der Waals surface area contributed by atoms with Crippen LogP contribution in [0.2, 0.25) is 0 Å². The lowest BCUT2D eigenvalue weighted by Gasteiger charge is -2.38. The lowest BCUT2D eigenvalue weighted by molar-refractivity contribution is -0.123. The molecule has 2 atom stereocenters. The molecule has 1 saturated carbocycles. The first kappa shape index (κ1) is 19.2. The van der Waals surface area contributed by atoms with Gasteiger partial charge < -0.3 is 20.1 Å². The molecule has 0 radical (unpaired) electrons. The number of rotatable bonds is 7. The Bertz CT molecular complexity index is 671. The van der Waals surface area contributed by atoms with Crippen molar-refractivity contribution in [3.05, 3.63) is 35.9 Å². The molecule has 1 aliphatic carbocycles. The van der Waals surface area contributed by atoms with Gasteiger partial charge in [-0.05, 0) is 24.3 Å². The van der Waals surface area contributed by atoms with E-state index in [9.17, 15) is 4.79 Å². The second kappa shape index (κ2) is 9.39. The second-order valence-corrected chi connectivity index (χ2v) is 7.77. The van der Waals surface area contributed by atoms with Crippen molar-refractivity contribution in [3.8, 4) is 0 Å². The third-order valence-corrected chi connectivity index (χ3v) is 5.53. The Morgan fingerprint density at radius 1 is 1.25 bits per heavy atom. The molecule has 1 aromatic rings. The fourth-order valence-corrected chi connectivity index (χ4v) is 3.61. The summed E-state index contributed by atoms with van der Waals surface area (Å²) in [4.78, 5) is 19.5. The van der Waals surface area contributed by atoms with Crippen molar-refractivity contribution in [1.82, 2.24) is 15.5 Å². The maximum Gasteiger partial charge on any atom is 0.286 e. The summed E-state index contributed by atoms with van der Waals surface area (Å²) in [5, 5.41) is 6.46. The highest BCUT2D eigenvalue weighted by atomic mass is 16.5. The maximum atomic E-state index is 12.7. The van der Waals surface area contributed by atoms with E-state index in [1.807, 2.05) is 18.2 Å². The van der Waals surface area contributed by atoms with Gasteiger partial charge in [0, 0.05) is 32.5 Å². The Morgan fingerprint density at radius 3 is 2.79 bits per heavy atom. The molecule has 0 aromatic heterocycles. The number of amides is 1. The average molecular weight is 386 g/mol. The summed E-state index contributed by atoms with van der Waals surface area (Å²) in [6, 6.07) is 10.3. The quantitative estimate of drug-likeness (QED) is 0.735. The van der Waals surface area contributed by atoms with Crippen molar-refractivity contribution in [2.45, 2.75) is 37.9 Å². The van der Waals surface area contributed by atoms with Gasteiger partial charge in [0.15, 0.2) is 0 Å². The standard InChI is InChI=1S/C21H30N4O3/c26-20(22-15-17-6-7-17)18-14-19(25-9-12-27-13-10-25)24-21(23-18)28-11-8-16-4-2-1-3-5-16/h1-5,17-19H,6-15H2,(H,22,26)(H,23,24). The summed E-state index contributed by atoms with van der Waals surface area (Å²) in [7, 11) is 0. The third-order valence-electron chi connectivity index (χ3n) is 5.53. The number of benzene rings is 1. The van der Waals surface area contributed by atoms with Gasteiger partial charge in [0.1, 0.15) is 6.04 Å². The van der Waals surface area contributed by atoms with E-state index in [0.29, 0.717) is 25.0 Å². The van der Waals surface area contributed by atoms with Gasteiger partial charge in [0.25, 0.3) is 6.02 Å². The summed E-state index contributed by atoms with van der Waals surface area (Å²) in [6.45, 7) is 4.44. The van der Waals surface area contributed by atoms with Crippen molar-refractivity contribution in [1.29, 1.82) is 0 Å². The normalized spacial score (nSPS) is 25.5. The first-order valence-electron chi connectivity index (χ1n) is 10.4. The van der Waals surface area contributed by atoms with Gasteiger partial charge in [-0.15, -0.1) is 0 Å². The summed E-state index contributed by atoms with van der Waals surface area (Å²) < 4.78 is 11.4. The van der Waals surface area contributed by atoms with Crippen molar-refractivity contribution in [2.24, 2.45) is 10.9 Å². The van der Waals surface area contributed by atoms with Gasteiger partial charge in [-0.25, -0.2) is 4.99 Å². The Morgan fingerprint density at radius 2 is 2.04 bits per heavy atom. The number of nitrogens with zero attached hydrogens (tertiary/aromatic N) is 2. The predicted molar refractivity (Wildman–Crippen MR) is 107 cm³/mol. The number of morpholine rings is 1. The minimum absolute atomic E-state index is 0.0100. The molecule has 7 nitrogen and oxygen atoms in total. The Kier molecular flexibility index (Phi) is 6.44. The second-order valence-electron chi connectivity index (χ2n) is 7.77. The van der Waals surface area contributed by atoms with Crippen molar-refractivity contribution in [2.75, 3.05) is 39.5 Å². The van der Waals surface area contributed by atoms with Crippen LogP contribution in [0, 0.1) is 5.92 Å². The van der Waals surface area contributed by atoms with Crippen LogP contribution in [0.25, 0.3) is 0 Å². The molecule has 2 aliphatic heterocycles. The summed E-state index contributed by atoms with van der Waals surface area (Å²) in [5.74, 6) is 0.669. The number of nitrogens with one attached hydrogen (secondary N) is 2. The number of hydrogen-bond donors (Lipinski definition) is 2. The first-order valence-corrected chi connectivity index (χ1v) is 10.4. The zero-order valence-electron chi connectivity index (χ0n) is 16.3. The molecule has 0 spiro atoms. The molecule has 1 amide bonds. The molecular formula is C21H30N4O3. The van der Waals surface area contributed by atoms with Gasteiger partial charge in [-0.3, -0.25) is 9.69 Å². The molecule has 2 fully saturated rings. The fraction of sp³-hybridized carbons (Fsp3) is 0.619. The monoisotopic (exact) mass is 386 g/mol. The van der Waals surface area contributed by atoms with Crippen LogP contribution < -0.4 is 10.6 Å². The number of hydrogen-bond acceptors (Lipinski definition) is 6. The van der Waals surface area contributed by atoms with Crippen LogP contribution in [0.15, 0.2) is 35.3 Å². The van der Waals surface area contributed by atoms with Gasteiger partial charge in [-0.1, -0.05) is 30.3 Å². The smallest absolute Gasteiger partial charge is 0.286 e. The lowest BCUT2D eigenvalue weighted by atomic mass is 10.1. The number of carbonyl (C=O) groups excluding carboxylic acids is 1. The first-order chi connectivity index (χ1) is 13.8. The van der Waals surface area contributed by atoms with Crippen LogP contribution >= 0.6 is 0 Å². The molecule has 2 heterocycles. The zero-order valence-corrected chi connectivity index (χ0v) is 16.3. The van der Waals surface area contributed by atoms with E-state index >= 15 is 0 Å². The van der Waals surface area contributed by atoms with E-state index in [-0.39, 0.29) is 12.1 Å². The molecule has 0 bridgehead atoms. The van der Waals surface area contributed by atoms with Gasteiger partial charge in [-0.2, -0.15) is 0 Å². The maximum absolute atomic E-state index is 12.7. The van der Waals surface area contributed by atoms with E-state index in [1.54, 1.807) is 0 Å². The highest BCUT2D eigenvalue weighted by Crippen LogP contribution is 2.27. The molecule has 4 rings (SSSR count). The van der Waals surface area contributed by atoms with E-state index in [0.717, 1.165) is 39.3 Å². The Hall–Kier alpha value is -2.12. The predicted octanol–water partition coefficient (Wildman–Crippen LogP) is 1.15. The largest absolute Gasteiger partial charge is 0.465 e. The average Bonchev–Trinajstić information content (AvgIpc) is 3.58.